The van der Waals surface area contributed by atoms with Gasteiger partial charge in [0.15, 0.2) is 0 Å². The quantitative estimate of drug-likeness (QED) is 0.891. The first-order valence-corrected chi connectivity index (χ1v) is 5.65. The molecule has 0 amide bonds. The molecule has 0 radical (unpaired) electrons. The average Bonchev–Trinajstić information content (AvgIpc) is 2.31. The molecule has 0 aliphatic rings. The average molecular weight is 289 g/mol. The van der Waals surface area contributed by atoms with Crippen LogP contribution in [0.5, 0.6) is 0 Å². The summed E-state index contributed by atoms with van der Waals surface area (Å²) >= 11 is 3.32. The normalized spacial score (nSPS) is 9.65. The van der Waals surface area contributed by atoms with E-state index < -0.39 is 0 Å². The summed E-state index contributed by atoms with van der Waals surface area (Å²) < 4.78 is 0.866. The van der Waals surface area contributed by atoms with Crippen molar-refractivity contribution in [3.8, 4) is 6.07 Å². The molecule has 1 aromatic carbocycles. The van der Waals surface area contributed by atoms with E-state index in [-0.39, 0.29) is 0 Å². The summed E-state index contributed by atoms with van der Waals surface area (Å²) in [7, 11) is 0. The van der Waals surface area contributed by atoms with Gasteiger partial charge in [0.2, 0.25) is 0 Å². The lowest BCUT2D eigenvalue weighted by Crippen LogP contribution is -1.95. The van der Waals surface area contributed by atoms with Gasteiger partial charge < -0.3 is 11.1 Å². The molecular weight excluding hydrogens is 280 g/mol. The number of nitrogens with one attached hydrogen (secondary N) is 1. The largest absolute Gasteiger partial charge is 0.397 e. The van der Waals surface area contributed by atoms with E-state index in [0.717, 1.165) is 15.8 Å². The fourth-order valence-corrected chi connectivity index (χ4v) is 1.76. The lowest BCUT2D eigenvalue weighted by atomic mass is 10.2. The van der Waals surface area contributed by atoms with E-state index in [1.807, 2.05) is 12.1 Å². The Kier molecular flexibility index (Phi) is 3.26. The number of nitrogens with two attached hydrogens (primary N) is 1. The zero-order valence-corrected chi connectivity index (χ0v) is 10.4. The van der Waals surface area contributed by atoms with E-state index in [2.05, 4.69) is 32.3 Å². The number of anilines is 3. The number of halogens is 1. The van der Waals surface area contributed by atoms with Crippen molar-refractivity contribution in [3.05, 3.63) is 46.7 Å². The molecule has 2 aromatic rings. The molecule has 5 heteroatoms. The fourth-order valence-electron chi connectivity index (χ4n) is 1.40. The minimum absolute atomic E-state index is 0.557. The van der Waals surface area contributed by atoms with Crippen molar-refractivity contribution in [3.63, 3.8) is 0 Å². The Hall–Kier alpha value is -2.06. The third-order valence-electron chi connectivity index (χ3n) is 2.14. The zero-order chi connectivity index (χ0) is 12.3. The van der Waals surface area contributed by atoms with Crippen LogP contribution in [0.1, 0.15) is 5.56 Å². The van der Waals surface area contributed by atoms with E-state index >= 15 is 0 Å². The number of aromatic nitrogens is 1. The molecule has 0 fully saturated rings. The van der Waals surface area contributed by atoms with E-state index in [0.29, 0.717) is 11.3 Å². The van der Waals surface area contributed by atoms with Crippen LogP contribution < -0.4 is 11.1 Å². The van der Waals surface area contributed by atoms with Crippen LogP contribution in [0.25, 0.3) is 0 Å². The first-order valence-electron chi connectivity index (χ1n) is 4.86. The summed E-state index contributed by atoms with van der Waals surface area (Å²) in [5.74, 6) is 0. The molecule has 0 spiro atoms. The summed E-state index contributed by atoms with van der Waals surface area (Å²) in [6.07, 6.45) is 3.22. The lowest BCUT2D eigenvalue weighted by Gasteiger charge is -2.08. The molecule has 0 atom stereocenters. The predicted octanol–water partition coefficient (Wildman–Crippen LogP) is 3.04. The summed E-state index contributed by atoms with van der Waals surface area (Å²) in [6, 6.07) is 9.33. The molecular formula is C12H9BrN4. The van der Waals surface area contributed by atoms with Gasteiger partial charge in [-0.25, -0.2) is 0 Å². The minimum atomic E-state index is 0.557. The van der Waals surface area contributed by atoms with Gasteiger partial charge in [-0.3, -0.25) is 4.98 Å². The number of nitrogens with zero attached hydrogens (tertiary/aromatic N) is 2. The van der Waals surface area contributed by atoms with Crippen LogP contribution in [-0.4, -0.2) is 4.98 Å². The van der Waals surface area contributed by atoms with Crippen LogP contribution in [0.3, 0.4) is 0 Å². The summed E-state index contributed by atoms with van der Waals surface area (Å²) in [5, 5.41) is 12.1. The van der Waals surface area contributed by atoms with E-state index in [9.17, 15) is 0 Å². The highest BCUT2D eigenvalue weighted by molar-refractivity contribution is 9.10. The first-order chi connectivity index (χ1) is 8.19. The third-order valence-corrected chi connectivity index (χ3v) is 2.63. The van der Waals surface area contributed by atoms with Crippen LogP contribution in [0, 0.1) is 11.3 Å². The van der Waals surface area contributed by atoms with E-state index in [1.54, 1.807) is 24.5 Å². The second-order valence-corrected chi connectivity index (χ2v) is 4.35. The smallest absolute Gasteiger partial charge is 0.101 e. The van der Waals surface area contributed by atoms with E-state index in [1.165, 1.54) is 0 Å². The Morgan fingerprint density at radius 3 is 2.82 bits per heavy atom. The molecule has 0 saturated heterocycles. The number of benzene rings is 1. The monoisotopic (exact) mass is 288 g/mol. The molecule has 1 aromatic heterocycles. The number of hydrogen-bond acceptors (Lipinski definition) is 4. The number of pyridine rings is 1. The van der Waals surface area contributed by atoms with Gasteiger partial charge in [-0.15, -0.1) is 0 Å². The standard InChI is InChI=1S/C12H9BrN4/c13-9-1-2-12(8(3-9)5-14)17-11-4-10(15)6-16-7-11/h1-4,6-7,17H,15H2. The number of rotatable bonds is 2. The lowest BCUT2D eigenvalue weighted by molar-refractivity contribution is 1.32. The van der Waals surface area contributed by atoms with Crippen molar-refractivity contribution >= 4 is 33.0 Å². The highest BCUT2D eigenvalue weighted by Gasteiger charge is 2.03. The summed E-state index contributed by atoms with van der Waals surface area (Å²) in [5.41, 5.74) is 8.24. The molecule has 1 heterocycles. The molecule has 17 heavy (non-hydrogen) atoms. The number of nitriles is 1. The molecule has 0 bridgehead atoms. The maximum atomic E-state index is 9.02. The van der Waals surface area contributed by atoms with Gasteiger partial charge in [-0.1, -0.05) is 15.9 Å². The maximum absolute atomic E-state index is 9.02. The molecule has 2 rings (SSSR count). The summed E-state index contributed by atoms with van der Waals surface area (Å²) in [6.45, 7) is 0. The second-order valence-electron chi connectivity index (χ2n) is 3.43. The maximum Gasteiger partial charge on any atom is 0.101 e. The highest BCUT2D eigenvalue weighted by Crippen LogP contribution is 2.24. The zero-order valence-electron chi connectivity index (χ0n) is 8.81. The SMILES string of the molecule is N#Cc1cc(Br)ccc1Nc1cncc(N)c1. The van der Waals surface area contributed by atoms with Crippen molar-refractivity contribution in [2.24, 2.45) is 0 Å². The van der Waals surface area contributed by atoms with Crippen molar-refractivity contribution in [2.75, 3.05) is 11.1 Å². The number of nitrogen functional groups attached to an aromatic ring is 1. The topological polar surface area (TPSA) is 74.7 Å². The van der Waals surface area contributed by atoms with Crippen LogP contribution >= 0.6 is 15.9 Å². The summed E-state index contributed by atoms with van der Waals surface area (Å²) in [4.78, 5) is 3.97. The molecule has 0 unspecified atom stereocenters. The second kappa shape index (κ2) is 4.85. The van der Waals surface area contributed by atoms with Gasteiger partial charge in [-0.2, -0.15) is 5.26 Å². The third kappa shape index (κ3) is 2.74. The molecule has 0 saturated carbocycles. The van der Waals surface area contributed by atoms with Gasteiger partial charge >= 0.3 is 0 Å². The van der Waals surface area contributed by atoms with Crippen molar-refractivity contribution in [1.82, 2.24) is 4.98 Å². The highest BCUT2D eigenvalue weighted by atomic mass is 79.9. The first kappa shape index (κ1) is 11.4. The van der Waals surface area contributed by atoms with Crippen molar-refractivity contribution in [1.29, 1.82) is 5.26 Å². The molecule has 3 N–H and O–H groups in total. The van der Waals surface area contributed by atoms with Crippen LogP contribution in [-0.2, 0) is 0 Å². The van der Waals surface area contributed by atoms with Crippen molar-refractivity contribution < 1.29 is 0 Å². The Balaban J connectivity index is 2.34. The van der Waals surface area contributed by atoms with E-state index in [4.69, 9.17) is 11.0 Å². The van der Waals surface area contributed by atoms with Gasteiger partial charge in [0.1, 0.15) is 6.07 Å². The minimum Gasteiger partial charge on any atom is -0.397 e. The van der Waals surface area contributed by atoms with Gasteiger partial charge in [0, 0.05) is 10.7 Å². The van der Waals surface area contributed by atoms with Crippen molar-refractivity contribution in [2.45, 2.75) is 0 Å². The fraction of sp³-hybridized carbons (Fsp3) is 0. The molecule has 4 nitrogen and oxygen atoms in total. The van der Waals surface area contributed by atoms with Crippen LogP contribution in [0.15, 0.2) is 41.1 Å². The molecule has 0 aliphatic heterocycles. The van der Waals surface area contributed by atoms with Gasteiger partial charge in [0.05, 0.1) is 28.8 Å². The van der Waals surface area contributed by atoms with Crippen LogP contribution in [0.4, 0.5) is 17.1 Å². The Bertz CT molecular complexity index is 589. The van der Waals surface area contributed by atoms with Crippen LogP contribution in [0.2, 0.25) is 0 Å². The number of hydrogen-bond donors (Lipinski definition) is 2. The van der Waals surface area contributed by atoms with Gasteiger partial charge in [-0.05, 0) is 24.3 Å². The van der Waals surface area contributed by atoms with Gasteiger partial charge in [0.25, 0.3) is 0 Å². The Morgan fingerprint density at radius 2 is 2.12 bits per heavy atom. The molecule has 0 aliphatic carbocycles. The predicted molar refractivity (Wildman–Crippen MR) is 70.8 cm³/mol. The Morgan fingerprint density at radius 1 is 1.29 bits per heavy atom. The Labute approximate surface area is 107 Å². The molecule has 84 valence electrons.